The average molecular weight is 403 g/mol. The SMILES string of the molecule is CC=CC(CC)N(CCCCCCCCCCCC)C(C)N(CC)CC.Cl. The molecule has 2 nitrogen and oxygen atoms in total. The zero-order chi connectivity index (χ0) is 19.6. The van der Waals surface area contributed by atoms with Gasteiger partial charge in [0.1, 0.15) is 0 Å². The van der Waals surface area contributed by atoms with E-state index in [4.69, 9.17) is 0 Å². The average Bonchev–Trinajstić information content (AvgIpc) is 2.65. The van der Waals surface area contributed by atoms with Crippen LogP contribution in [0.4, 0.5) is 0 Å². The van der Waals surface area contributed by atoms with E-state index in [1.54, 1.807) is 0 Å². The molecule has 0 aromatic carbocycles. The topological polar surface area (TPSA) is 6.48 Å². The minimum Gasteiger partial charge on any atom is -0.289 e. The molecular weight excluding hydrogens is 352 g/mol. The van der Waals surface area contributed by atoms with Crippen LogP contribution in [0.15, 0.2) is 12.2 Å². The van der Waals surface area contributed by atoms with Crippen molar-refractivity contribution in [1.82, 2.24) is 9.80 Å². The van der Waals surface area contributed by atoms with Gasteiger partial charge in [-0.3, -0.25) is 9.80 Å². The summed E-state index contributed by atoms with van der Waals surface area (Å²) >= 11 is 0. The molecule has 0 aliphatic heterocycles. The summed E-state index contributed by atoms with van der Waals surface area (Å²) in [6.07, 6.45) is 20.5. The van der Waals surface area contributed by atoms with E-state index in [2.05, 4.69) is 63.5 Å². The highest BCUT2D eigenvalue weighted by molar-refractivity contribution is 5.85. The Balaban J connectivity index is 0. The lowest BCUT2D eigenvalue weighted by molar-refractivity contribution is 0.0396. The summed E-state index contributed by atoms with van der Waals surface area (Å²) in [4.78, 5) is 5.32. The van der Waals surface area contributed by atoms with Crippen molar-refractivity contribution < 1.29 is 0 Å². The number of unbranched alkanes of at least 4 members (excludes halogenated alkanes) is 9. The number of hydrogen-bond acceptors (Lipinski definition) is 2. The highest BCUT2D eigenvalue weighted by Gasteiger charge is 2.23. The second-order valence-corrected chi connectivity index (χ2v) is 7.77. The van der Waals surface area contributed by atoms with Crippen LogP contribution in [0.2, 0.25) is 0 Å². The van der Waals surface area contributed by atoms with Gasteiger partial charge in [0.15, 0.2) is 0 Å². The van der Waals surface area contributed by atoms with Crippen molar-refractivity contribution in [2.75, 3.05) is 19.6 Å². The third-order valence-corrected chi connectivity index (χ3v) is 5.85. The smallest absolute Gasteiger partial charge is 0.0598 e. The maximum absolute atomic E-state index is 2.73. The number of halogens is 1. The van der Waals surface area contributed by atoms with Crippen molar-refractivity contribution in [3.05, 3.63) is 12.2 Å². The van der Waals surface area contributed by atoms with Crippen molar-refractivity contribution in [2.24, 2.45) is 0 Å². The van der Waals surface area contributed by atoms with Gasteiger partial charge in [-0.15, -0.1) is 12.4 Å². The number of nitrogens with zero attached hydrogens (tertiary/aromatic N) is 2. The van der Waals surface area contributed by atoms with E-state index in [-0.39, 0.29) is 12.4 Å². The van der Waals surface area contributed by atoms with Gasteiger partial charge in [-0.25, -0.2) is 0 Å². The van der Waals surface area contributed by atoms with Crippen molar-refractivity contribution in [3.63, 3.8) is 0 Å². The third kappa shape index (κ3) is 13.7. The van der Waals surface area contributed by atoms with Crippen LogP contribution in [0.5, 0.6) is 0 Å². The second kappa shape index (κ2) is 20.7. The molecule has 0 bridgehead atoms. The predicted molar refractivity (Wildman–Crippen MR) is 127 cm³/mol. The van der Waals surface area contributed by atoms with E-state index in [0.29, 0.717) is 12.2 Å². The fraction of sp³-hybridized carbons (Fsp3) is 0.917. The van der Waals surface area contributed by atoms with Crippen molar-refractivity contribution in [2.45, 2.75) is 124 Å². The molecule has 0 fully saturated rings. The molecule has 0 aliphatic carbocycles. The molecule has 0 rings (SSSR count). The van der Waals surface area contributed by atoms with Crippen molar-refractivity contribution >= 4 is 12.4 Å². The zero-order valence-corrected chi connectivity index (χ0v) is 20.3. The van der Waals surface area contributed by atoms with Crippen LogP contribution in [0.1, 0.15) is 112 Å². The predicted octanol–water partition coefficient (Wildman–Crippen LogP) is 7.67. The molecule has 0 aromatic heterocycles. The molecule has 0 saturated carbocycles. The maximum atomic E-state index is 2.73. The van der Waals surface area contributed by atoms with Gasteiger partial charge in [-0.2, -0.15) is 0 Å². The highest BCUT2D eigenvalue weighted by atomic mass is 35.5. The summed E-state index contributed by atoms with van der Waals surface area (Å²) in [5.74, 6) is 0. The standard InChI is InChI=1S/C24H50N2.ClH/c1-7-12-13-14-15-16-17-18-19-20-22-26(24(9-3)21-8-2)23(6)25(10-4)11-5;/h8,21,23-24H,7,9-20,22H2,1-6H3;1H. The molecular formula is C24H51ClN2. The van der Waals surface area contributed by atoms with Gasteiger partial charge in [-0.1, -0.05) is 97.6 Å². The summed E-state index contributed by atoms with van der Waals surface area (Å²) in [6, 6.07) is 0.578. The van der Waals surface area contributed by atoms with Gasteiger partial charge >= 0.3 is 0 Å². The molecule has 0 amide bonds. The van der Waals surface area contributed by atoms with Gasteiger partial charge in [0.05, 0.1) is 6.17 Å². The normalized spacial score (nSPS) is 14.1. The van der Waals surface area contributed by atoms with E-state index in [0.717, 1.165) is 13.1 Å². The van der Waals surface area contributed by atoms with Crippen molar-refractivity contribution in [3.8, 4) is 0 Å². The van der Waals surface area contributed by atoms with Crippen LogP contribution in [0, 0.1) is 0 Å². The van der Waals surface area contributed by atoms with E-state index in [9.17, 15) is 0 Å². The first-order valence-electron chi connectivity index (χ1n) is 11.8. The lowest BCUT2D eigenvalue weighted by atomic mass is 10.1. The lowest BCUT2D eigenvalue weighted by Crippen LogP contribution is -2.50. The maximum Gasteiger partial charge on any atom is 0.0598 e. The van der Waals surface area contributed by atoms with Gasteiger partial charge in [0, 0.05) is 12.6 Å². The van der Waals surface area contributed by atoms with E-state index in [1.807, 2.05) is 0 Å². The van der Waals surface area contributed by atoms with Crippen LogP contribution in [-0.4, -0.2) is 41.6 Å². The van der Waals surface area contributed by atoms with Crippen LogP contribution in [0.25, 0.3) is 0 Å². The molecule has 164 valence electrons. The molecule has 2 unspecified atom stereocenters. The molecule has 27 heavy (non-hydrogen) atoms. The first-order chi connectivity index (χ1) is 12.7. The Morgan fingerprint density at radius 3 is 1.63 bits per heavy atom. The largest absolute Gasteiger partial charge is 0.289 e. The molecule has 2 atom stereocenters. The quantitative estimate of drug-likeness (QED) is 0.132. The Labute approximate surface area is 178 Å². The Morgan fingerprint density at radius 1 is 0.741 bits per heavy atom. The third-order valence-electron chi connectivity index (χ3n) is 5.85. The van der Waals surface area contributed by atoms with Gasteiger partial charge < -0.3 is 0 Å². The number of allylic oxidation sites excluding steroid dienone is 1. The molecule has 0 saturated heterocycles. The van der Waals surface area contributed by atoms with Crippen LogP contribution < -0.4 is 0 Å². The van der Waals surface area contributed by atoms with Crippen LogP contribution in [0.3, 0.4) is 0 Å². The Kier molecular flexibility index (Phi) is 22.3. The monoisotopic (exact) mass is 402 g/mol. The molecule has 0 spiro atoms. The number of rotatable bonds is 18. The molecule has 0 N–H and O–H groups in total. The Bertz CT molecular complexity index is 316. The summed E-state index contributed by atoms with van der Waals surface area (Å²) in [5.41, 5.74) is 0. The summed E-state index contributed by atoms with van der Waals surface area (Å²) in [5, 5.41) is 0. The molecule has 3 heteroatoms. The Hall–Kier alpha value is -0.0500. The fourth-order valence-electron chi connectivity index (χ4n) is 4.08. The van der Waals surface area contributed by atoms with E-state index >= 15 is 0 Å². The summed E-state index contributed by atoms with van der Waals surface area (Å²) in [6.45, 7) is 17.3. The minimum absolute atomic E-state index is 0. The summed E-state index contributed by atoms with van der Waals surface area (Å²) < 4.78 is 0. The van der Waals surface area contributed by atoms with Gasteiger partial charge in [0.25, 0.3) is 0 Å². The second-order valence-electron chi connectivity index (χ2n) is 7.77. The first-order valence-corrected chi connectivity index (χ1v) is 11.8. The zero-order valence-electron chi connectivity index (χ0n) is 19.5. The summed E-state index contributed by atoms with van der Waals surface area (Å²) in [7, 11) is 0. The van der Waals surface area contributed by atoms with Crippen LogP contribution in [-0.2, 0) is 0 Å². The number of hydrogen-bond donors (Lipinski definition) is 0. The first kappa shape index (κ1) is 29.2. The van der Waals surface area contributed by atoms with Gasteiger partial charge in [-0.05, 0) is 39.8 Å². The van der Waals surface area contributed by atoms with E-state index < -0.39 is 0 Å². The Morgan fingerprint density at radius 2 is 1.22 bits per heavy atom. The molecule has 0 aromatic rings. The van der Waals surface area contributed by atoms with Gasteiger partial charge in [0.2, 0.25) is 0 Å². The minimum atomic E-state index is 0. The fourth-order valence-corrected chi connectivity index (χ4v) is 4.08. The lowest BCUT2D eigenvalue weighted by Gasteiger charge is -2.40. The highest BCUT2D eigenvalue weighted by Crippen LogP contribution is 2.17. The molecule has 0 heterocycles. The van der Waals surface area contributed by atoms with Crippen LogP contribution >= 0.6 is 12.4 Å². The molecule has 0 aliphatic rings. The van der Waals surface area contributed by atoms with E-state index in [1.165, 1.54) is 77.2 Å². The van der Waals surface area contributed by atoms with Crippen molar-refractivity contribution in [1.29, 1.82) is 0 Å². The molecule has 0 radical (unpaired) electrons.